The maximum absolute atomic E-state index is 15.6. The van der Waals surface area contributed by atoms with E-state index in [0.29, 0.717) is 22.3 Å². The van der Waals surface area contributed by atoms with E-state index in [0.717, 1.165) is 30.3 Å². The van der Waals surface area contributed by atoms with E-state index in [9.17, 15) is 14.0 Å². The molecule has 0 amide bonds. The first-order valence-corrected chi connectivity index (χ1v) is 16.5. The number of nitrogens with zero attached hydrogens (tertiary/aromatic N) is 5. The van der Waals surface area contributed by atoms with Gasteiger partial charge in [-0.3, -0.25) is 0 Å². The predicted molar refractivity (Wildman–Crippen MR) is 182 cm³/mol. The van der Waals surface area contributed by atoms with Crippen LogP contribution >= 0.6 is 11.3 Å². The Morgan fingerprint density at radius 3 is 2.44 bits per heavy atom. The highest BCUT2D eigenvalue weighted by Crippen LogP contribution is 2.45. The number of carbonyl (C=O) groups excluding carboxylic acids is 2. The first-order valence-electron chi connectivity index (χ1n) is 15.6. The largest absolute Gasteiger partial charge is 0.512 e. The van der Waals surface area contributed by atoms with Gasteiger partial charge in [-0.15, -0.1) is 11.3 Å². The Labute approximate surface area is 292 Å². The quantitative estimate of drug-likeness (QED) is 0.105. The molecule has 2 aromatic heterocycles. The van der Waals surface area contributed by atoms with Gasteiger partial charge in [0, 0.05) is 22.6 Å². The van der Waals surface area contributed by atoms with Crippen LogP contribution in [0.1, 0.15) is 58.7 Å². The van der Waals surface area contributed by atoms with Crippen molar-refractivity contribution in [2.75, 3.05) is 19.9 Å². The van der Waals surface area contributed by atoms with Gasteiger partial charge < -0.3 is 19.5 Å². The van der Waals surface area contributed by atoms with Crippen LogP contribution in [0.25, 0.3) is 11.3 Å². The van der Waals surface area contributed by atoms with Crippen LogP contribution in [-0.4, -0.2) is 51.8 Å². The van der Waals surface area contributed by atoms with Gasteiger partial charge in [0.05, 0.1) is 35.4 Å². The molecule has 0 unspecified atom stereocenters. The van der Waals surface area contributed by atoms with E-state index in [1.807, 2.05) is 13.0 Å². The number of aromatic nitrogens is 4. The number of hydrogen-bond donors (Lipinski definition) is 1. The molecule has 0 bridgehead atoms. The van der Waals surface area contributed by atoms with Crippen LogP contribution in [0, 0.1) is 29.9 Å². The summed E-state index contributed by atoms with van der Waals surface area (Å²) in [6, 6.07) is 18.4. The highest BCUT2D eigenvalue weighted by atomic mass is 32.1. The van der Waals surface area contributed by atoms with Crippen molar-refractivity contribution >= 4 is 23.5 Å². The minimum Gasteiger partial charge on any atom is -0.424 e. The zero-order valence-electron chi connectivity index (χ0n) is 27.9. The third-order valence-corrected chi connectivity index (χ3v) is 8.57. The van der Waals surface area contributed by atoms with Crippen LogP contribution in [0.2, 0.25) is 0 Å². The smallest absolute Gasteiger partial charge is 0.424 e. The minimum atomic E-state index is -1.90. The van der Waals surface area contributed by atoms with Crippen LogP contribution in [0.5, 0.6) is 0 Å². The van der Waals surface area contributed by atoms with E-state index in [1.54, 1.807) is 54.8 Å². The standard InChI is InChI=1S/C32H25F2N5O5S.C4H11N/c1-20-4-3-5-24(12-20)30(40)42-19-43-31(41)44-32(16-39-18-36-17-37-39,26-11-10-25(33)13-27(26)34)21(2)29-38-28(15-45-29)23-8-6-22(14-35)7-9-23;1-3-5-4-2/h3-13,15,17-18,21H,16,19H2,1-2H3;5H,3-4H2,1-2H3/t21-,32+;/m0./s1. The summed E-state index contributed by atoms with van der Waals surface area (Å²) in [5, 5.41) is 18.6. The zero-order chi connectivity index (χ0) is 36.1. The van der Waals surface area contributed by atoms with E-state index in [1.165, 1.54) is 34.7 Å². The molecule has 14 heteroatoms. The first kappa shape index (κ1) is 37.3. The molecule has 2 heterocycles. The Balaban J connectivity index is 0.00000105. The number of aryl methyl sites for hydroxylation is 1. The van der Waals surface area contributed by atoms with Crippen molar-refractivity contribution in [2.24, 2.45) is 0 Å². The molecule has 3 aromatic carbocycles. The van der Waals surface area contributed by atoms with Crippen molar-refractivity contribution in [1.29, 1.82) is 5.26 Å². The van der Waals surface area contributed by atoms with Crippen LogP contribution in [0.4, 0.5) is 13.6 Å². The van der Waals surface area contributed by atoms with E-state index in [-0.39, 0.29) is 17.7 Å². The molecule has 0 spiro atoms. The monoisotopic (exact) mass is 702 g/mol. The van der Waals surface area contributed by atoms with Crippen molar-refractivity contribution < 1.29 is 32.6 Å². The highest BCUT2D eigenvalue weighted by Gasteiger charge is 2.47. The fraction of sp³-hybridized carbons (Fsp3) is 0.278. The minimum absolute atomic E-state index is 0.171. The molecular weight excluding hydrogens is 666 g/mol. The topological polar surface area (TPSA) is 141 Å². The molecule has 0 saturated carbocycles. The Hall–Kier alpha value is -5.52. The normalized spacial score (nSPS) is 12.4. The average Bonchev–Trinajstić information content (AvgIpc) is 3.81. The van der Waals surface area contributed by atoms with Crippen molar-refractivity contribution in [3.8, 4) is 17.3 Å². The summed E-state index contributed by atoms with van der Waals surface area (Å²) >= 11 is 1.23. The number of nitrogens with one attached hydrogen (secondary N) is 1. The molecule has 5 rings (SSSR count). The molecule has 11 nitrogen and oxygen atoms in total. The maximum atomic E-state index is 15.6. The lowest BCUT2D eigenvalue weighted by Crippen LogP contribution is -2.43. The van der Waals surface area contributed by atoms with Gasteiger partial charge in [-0.05, 0) is 56.4 Å². The maximum Gasteiger partial charge on any atom is 0.512 e. The summed E-state index contributed by atoms with van der Waals surface area (Å²) in [5.74, 6) is -3.40. The highest BCUT2D eigenvalue weighted by molar-refractivity contribution is 7.10. The summed E-state index contributed by atoms with van der Waals surface area (Å²) < 4.78 is 47.1. The Morgan fingerprint density at radius 2 is 1.82 bits per heavy atom. The number of esters is 1. The number of hydrogen-bond acceptors (Lipinski definition) is 11. The fourth-order valence-corrected chi connectivity index (χ4v) is 5.93. The Bertz CT molecular complexity index is 1910. The van der Waals surface area contributed by atoms with Crippen molar-refractivity contribution in [1.82, 2.24) is 25.1 Å². The van der Waals surface area contributed by atoms with Crippen LogP contribution < -0.4 is 5.32 Å². The number of thiazole rings is 1. The lowest BCUT2D eigenvalue weighted by molar-refractivity contribution is -0.0881. The fourth-order valence-electron chi connectivity index (χ4n) is 4.97. The second kappa shape index (κ2) is 17.8. The predicted octanol–water partition coefficient (Wildman–Crippen LogP) is 7.14. The van der Waals surface area contributed by atoms with Gasteiger partial charge in [0.1, 0.15) is 29.3 Å². The Morgan fingerprint density at radius 1 is 1.06 bits per heavy atom. The summed E-state index contributed by atoms with van der Waals surface area (Å²) in [6.07, 6.45) is 1.32. The molecule has 0 radical (unpaired) electrons. The number of benzene rings is 3. The molecule has 2 atom stereocenters. The SMILES string of the molecule is CCNCC.Cc1cccc(C(=O)OCOC(=O)O[C@@](Cn2cncn2)(c2ccc(F)cc2F)[C@@H](C)c2nc(-c3ccc(C#N)cc3)cs2)c1. The summed E-state index contributed by atoms with van der Waals surface area (Å²) in [4.78, 5) is 34.3. The molecule has 0 aliphatic carbocycles. The van der Waals surface area contributed by atoms with Crippen LogP contribution in [0.3, 0.4) is 0 Å². The van der Waals surface area contributed by atoms with Gasteiger partial charge in [0.25, 0.3) is 0 Å². The van der Waals surface area contributed by atoms with Gasteiger partial charge in [-0.2, -0.15) is 10.4 Å². The zero-order valence-corrected chi connectivity index (χ0v) is 28.7. The van der Waals surface area contributed by atoms with E-state index < -0.39 is 42.1 Å². The second-order valence-corrected chi connectivity index (χ2v) is 11.9. The Kier molecular flexibility index (Phi) is 13.2. The summed E-state index contributed by atoms with van der Waals surface area (Å²) in [5.41, 5.74) is 0.816. The van der Waals surface area contributed by atoms with Crippen LogP contribution in [0.15, 0.2) is 84.8 Å². The number of carbonyl (C=O) groups is 2. The van der Waals surface area contributed by atoms with Gasteiger partial charge >= 0.3 is 12.1 Å². The number of halogens is 2. The third-order valence-electron chi connectivity index (χ3n) is 7.54. The van der Waals surface area contributed by atoms with E-state index >= 15 is 4.39 Å². The van der Waals surface area contributed by atoms with Crippen LogP contribution in [-0.2, 0) is 26.4 Å². The molecule has 0 aliphatic rings. The molecule has 0 saturated heterocycles. The molecule has 50 heavy (non-hydrogen) atoms. The summed E-state index contributed by atoms with van der Waals surface area (Å²) in [7, 11) is 0. The van der Waals surface area contributed by atoms with E-state index in [2.05, 4.69) is 35.3 Å². The number of ether oxygens (including phenoxy) is 3. The second-order valence-electron chi connectivity index (χ2n) is 11.0. The lowest BCUT2D eigenvalue weighted by Gasteiger charge is -2.37. The summed E-state index contributed by atoms with van der Waals surface area (Å²) in [6.45, 7) is 8.82. The lowest BCUT2D eigenvalue weighted by atomic mass is 9.81. The van der Waals surface area contributed by atoms with Gasteiger partial charge in [0.15, 0.2) is 5.60 Å². The molecule has 1 N–H and O–H groups in total. The van der Waals surface area contributed by atoms with Gasteiger partial charge in [-0.25, -0.2) is 33.0 Å². The number of rotatable bonds is 12. The van der Waals surface area contributed by atoms with Crippen molar-refractivity contribution in [3.05, 3.63) is 124 Å². The van der Waals surface area contributed by atoms with E-state index in [4.69, 9.17) is 24.5 Å². The van der Waals surface area contributed by atoms with Crippen molar-refractivity contribution in [3.63, 3.8) is 0 Å². The molecular formula is C36H36F2N6O5S. The molecule has 5 aromatic rings. The number of nitriles is 1. The van der Waals surface area contributed by atoms with Crippen molar-refractivity contribution in [2.45, 2.75) is 45.8 Å². The van der Waals surface area contributed by atoms with Gasteiger partial charge in [0.2, 0.25) is 6.79 Å². The third kappa shape index (κ3) is 9.55. The average molecular weight is 703 g/mol. The molecule has 0 aliphatic heterocycles. The molecule has 260 valence electrons. The molecule has 0 fully saturated rings. The van der Waals surface area contributed by atoms with Gasteiger partial charge in [-0.1, -0.05) is 50.6 Å². The first-order chi connectivity index (χ1) is 24.1.